The fourth-order valence-corrected chi connectivity index (χ4v) is 7.07. The van der Waals surface area contributed by atoms with Gasteiger partial charge in [-0.2, -0.15) is 10.2 Å². The third kappa shape index (κ3) is 7.82. The largest absolute Gasteiger partial charge is 0.494 e. The first kappa shape index (κ1) is 35.5. The van der Waals surface area contributed by atoms with E-state index in [2.05, 4.69) is 35.8 Å². The van der Waals surface area contributed by atoms with Crippen molar-refractivity contribution in [3.05, 3.63) is 78.1 Å². The third-order valence-corrected chi connectivity index (χ3v) is 9.98. The molecule has 0 radical (unpaired) electrons. The van der Waals surface area contributed by atoms with Gasteiger partial charge in [-0.05, 0) is 56.5 Å². The van der Waals surface area contributed by atoms with E-state index in [-0.39, 0.29) is 30.0 Å². The van der Waals surface area contributed by atoms with E-state index in [1.165, 1.54) is 18.3 Å². The van der Waals surface area contributed by atoms with Crippen LogP contribution in [0.5, 0.6) is 5.75 Å². The van der Waals surface area contributed by atoms with Crippen molar-refractivity contribution in [3.63, 3.8) is 0 Å². The summed E-state index contributed by atoms with van der Waals surface area (Å²) in [4.78, 5) is 56.5. The smallest absolute Gasteiger partial charge is 0.261 e. The Morgan fingerprint density at radius 2 is 1.91 bits per heavy atom. The number of halogens is 1. The highest BCUT2D eigenvalue weighted by atomic mass is 19.1. The summed E-state index contributed by atoms with van der Waals surface area (Å²) in [5, 5.41) is 17.7. The summed E-state index contributed by atoms with van der Waals surface area (Å²) >= 11 is 0. The lowest BCUT2D eigenvalue weighted by molar-refractivity contribution is -0.125. The molecule has 0 saturated carbocycles. The number of hydrogen-bond donors (Lipinski definition) is 3. The van der Waals surface area contributed by atoms with Gasteiger partial charge in [0.1, 0.15) is 17.1 Å². The molecule has 0 aliphatic carbocycles. The maximum atomic E-state index is 15.0. The minimum Gasteiger partial charge on any atom is -0.494 e. The quantitative estimate of drug-likeness (QED) is 0.153. The minimum absolute atomic E-state index is 0.0494. The fourth-order valence-electron chi connectivity index (χ4n) is 7.07. The molecule has 276 valence electrons. The molecule has 2 aliphatic rings. The molecule has 2 aromatic carbocycles. The number of carbonyl (C=O) groups is 4. The number of methoxy groups -OCH3 is 1. The second kappa shape index (κ2) is 15.4. The molecule has 16 heteroatoms. The summed E-state index contributed by atoms with van der Waals surface area (Å²) in [7, 11) is 1.56. The number of hydrogen-bond acceptors (Lipinski definition) is 10. The summed E-state index contributed by atoms with van der Waals surface area (Å²) in [6, 6.07) is 10.0. The number of nitrogens with zero attached hydrogens (tertiary/aromatic N) is 7. The lowest BCUT2D eigenvalue weighted by Crippen LogP contribution is -2.52. The summed E-state index contributed by atoms with van der Waals surface area (Å²) < 4.78 is 24.2. The number of ether oxygens (including phenoxy) is 1. The highest BCUT2D eigenvalue weighted by molar-refractivity contribution is 6.09. The van der Waals surface area contributed by atoms with Crippen LogP contribution in [0, 0.1) is 11.7 Å². The molecular weight excluding hydrogens is 683 g/mol. The van der Waals surface area contributed by atoms with Gasteiger partial charge in [0.2, 0.25) is 12.3 Å². The zero-order valence-electron chi connectivity index (χ0n) is 29.5. The Morgan fingerprint density at radius 1 is 1.09 bits per heavy atom. The first-order valence-corrected chi connectivity index (χ1v) is 17.7. The molecule has 2 aliphatic heterocycles. The van der Waals surface area contributed by atoms with Crippen LogP contribution in [0.1, 0.15) is 59.4 Å². The molecule has 3 aromatic heterocycles. The normalized spacial score (nSPS) is 15.9. The second-order valence-corrected chi connectivity index (χ2v) is 13.7. The number of anilines is 2. The van der Waals surface area contributed by atoms with Gasteiger partial charge in [-0.3, -0.25) is 29.2 Å². The van der Waals surface area contributed by atoms with Crippen LogP contribution in [0.2, 0.25) is 0 Å². The highest BCUT2D eigenvalue weighted by Gasteiger charge is 2.31. The summed E-state index contributed by atoms with van der Waals surface area (Å²) in [5.41, 5.74) is 2.84. The molecule has 5 aromatic rings. The Balaban J connectivity index is 0.886. The summed E-state index contributed by atoms with van der Waals surface area (Å²) in [6.45, 7) is 6.18. The molecule has 5 heterocycles. The molecule has 1 unspecified atom stereocenters. The van der Waals surface area contributed by atoms with Crippen LogP contribution in [-0.4, -0.2) is 99.3 Å². The number of rotatable bonds is 13. The van der Waals surface area contributed by atoms with Gasteiger partial charge < -0.3 is 25.2 Å². The monoisotopic (exact) mass is 724 g/mol. The van der Waals surface area contributed by atoms with Crippen LogP contribution in [0.3, 0.4) is 0 Å². The second-order valence-electron chi connectivity index (χ2n) is 13.7. The molecule has 0 spiro atoms. The van der Waals surface area contributed by atoms with Crippen LogP contribution in [0.4, 0.5) is 15.8 Å². The van der Waals surface area contributed by atoms with Crippen LogP contribution >= 0.6 is 0 Å². The highest BCUT2D eigenvalue weighted by Crippen LogP contribution is 2.33. The average Bonchev–Trinajstić information content (AvgIpc) is 3.76. The zero-order chi connectivity index (χ0) is 37.1. The molecule has 15 nitrogen and oxygen atoms in total. The van der Waals surface area contributed by atoms with Crippen LogP contribution < -0.4 is 25.6 Å². The van der Waals surface area contributed by atoms with Crippen molar-refractivity contribution in [2.45, 2.75) is 44.7 Å². The van der Waals surface area contributed by atoms with Gasteiger partial charge in [0.15, 0.2) is 5.65 Å². The fraction of sp³-hybridized carbons (Fsp3) is 0.378. The van der Waals surface area contributed by atoms with E-state index in [1.54, 1.807) is 43.1 Å². The van der Waals surface area contributed by atoms with Crippen molar-refractivity contribution in [1.82, 2.24) is 39.9 Å². The van der Waals surface area contributed by atoms with Crippen LogP contribution in [0.15, 0.2) is 61.2 Å². The van der Waals surface area contributed by atoms with Crippen molar-refractivity contribution >= 4 is 52.1 Å². The van der Waals surface area contributed by atoms with Gasteiger partial charge in [0, 0.05) is 86.8 Å². The standard InChI is InChI=1S/C37H41FN10O5/c1-23(4-7-34(50)40-22-49)42-36(51)28-6-5-27(15-30(28)38)46-19-24(20-46)18-45-12-8-26(9-13-45)48-21-25-14-32(33(53-2)16-31(25)44-48)43-37(52)29-17-41-47-11-3-10-39-35(29)47/h3,5-6,10-11,14-17,21-24,26H,4,7-9,12-13,18-20H2,1-2H3,(H,42,51)(H,43,52)(H,40,49,50). The summed E-state index contributed by atoms with van der Waals surface area (Å²) in [6.07, 6.45) is 9.49. The van der Waals surface area contributed by atoms with E-state index >= 15 is 0 Å². The number of carbonyl (C=O) groups excluding carboxylic acids is 4. The first-order valence-electron chi connectivity index (χ1n) is 17.7. The van der Waals surface area contributed by atoms with Gasteiger partial charge in [0.25, 0.3) is 11.8 Å². The molecule has 2 saturated heterocycles. The topological polar surface area (TPSA) is 168 Å². The molecule has 2 fully saturated rings. The third-order valence-electron chi connectivity index (χ3n) is 9.98. The zero-order valence-corrected chi connectivity index (χ0v) is 29.5. The van der Waals surface area contributed by atoms with Crippen LogP contribution in [-0.2, 0) is 9.59 Å². The van der Waals surface area contributed by atoms with Gasteiger partial charge in [-0.1, -0.05) is 0 Å². The Labute approximate surface area is 304 Å². The van der Waals surface area contributed by atoms with Crippen molar-refractivity contribution in [1.29, 1.82) is 0 Å². The van der Waals surface area contributed by atoms with E-state index in [0.717, 1.165) is 62.2 Å². The number of amides is 4. The molecule has 3 N–H and O–H groups in total. The summed E-state index contributed by atoms with van der Waals surface area (Å²) in [5.74, 6) is -0.935. The molecule has 4 amide bonds. The molecule has 7 rings (SSSR count). The Morgan fingerprint density at radius 3 is 2.66 bits per heavy atom. The van der Waals surface area contributed by atoms with E-state index in [9.17, 15) is 23.6 Å². The maximum absolute atomic E-state index is 15.0. The molecule has 1 atom stereocenters. The number of benzene rings is 2. The minimum atomic E-state index is -0.594. The first-order chi connectivity index (χ1) is 25.7. The number of aromatic nitrogens is 5. The van der Waals surface area contributed by atoms with E-state index in [0.29, 0.717) is 41.4 Å². The SMILES string of the molecule is COc1cc2nn(C3CCN(CC4CN(c5ccc(C(=O)NC(C)CCC(=O)NC=O)c(F)c5)C4)CC3)cc2cc1NC(=O)c1cnn2cccnc12. The van der Waals surface area contributed by atoms with Gasteiger partial charge in [-0.15, -0.1) is 0 Å². The van der Waals surface area contributed by atoms with Gasteiger partial charge in [0.05, 0.1) is 36.1 Å². The van der Waals surface area contributed by atoms with Gasteiger partial charge in [-0.25, -0.2) is 13.9 Å². The van der Waals surface area contributed by atoms with Crippen molar-refractivity contribution < 1.29 is 28.3 Å². The average molecular weight is 725 g/mol. The molecule has 0 bridgehead atoms. The number of nitrogens with one attached hydrogen (secondary N) is 3. The number of imide groups is 1. The predicted octanol–water partition coefficient (Wildman–Crippen LogP) is 3.42. The van der Waals surface area contributed by atoms with Crippen molar-refractivity contribution in [3.8, 4) is 5.75 Å². The maximum Gasteiger partial charge on any atom is 0.261 e. The Hall–Kier alpha value is -5.90. The van der Waals surface area contributed by atoms with Crippen molar-refractivity contribution in [2.75, 3.05) is 50.1 Å². The van der Waals surface area contributed by atoms with E-state index in [1.807, 2.05) is 23.0 Å². The molecule has 53 heavy (non-hydrogen) atoms. The van der Waals surface area contributed by atoms with E-state index in [4.69, 9.17) is 9.84 Å². The van der Waals surface area contributed by atoms with Crippen molar-refractivity contribution in [2.24, 2.45) is 5.92 Å². The predicted molar refractivity (Wildman–Crippen MR) is 194 cm³/mol. The number of likely N-dealkylation sites (tertiary alicyclic amines) is 1. The molecular formula is C37H41FN10O5. The number of piperidine rings is 1. The van der Waals surface area contributed by atoms with Crippen LogP contribution in [0.25, 0.3) is 16.6 Å². The Bertz CT molecular complexity index is 2150. The Kier molecular flexibility index (Phi) is 10.3. The van der Waals surface area contributed by atoms with Gasteiger partial charge >= 0.3 is 0 Å². The lowest BCUT2D eigenvalue weighted by Gasteiger charge is -2.44. The van der Waals surface area contributed by atoms with E-state index < -0.39 is 17.6 Å². The number of fused-ring (bicyclic) bond motifs is 2. The lowest BCUT2D eigenvalue weighted by atomic mass is 9.96.